The minimum Gasteiger partial charge on any atom is -0.461 e. The topological polar surface area (TPSA) is 52.3 Å². The normalized spacial score (nSPS) is 12.5. The summed E-state index contributed by atoms with van der Waals surface area (Å²) in [6.07, 6.45) is 2.57. The summed E-state index contributed by atoms with van der Waals surface area (Å²) in [6, 6.07) is 0. The first-order valence-corrected chi connectivity index (χ1v) is 4.32. The zero-order chi connectivity index (χ0) is 8.97. The molecule has 0 N–H and O–H groups in total. The first-order valence-electron chi connectivity index (χ1n) is 3.40. The van der Waals surface area contributed by atoms with Crippen LogP contribution in [0.15, 0.2) is 17.0 Å². The van der Waals surface area contributed by atoms with Crippen LogP contribution >= 0.6 is 15.9 Å². The van der Waals surface area contributed by atoms with Crippen LogP contribution in [-0.4, -0.2) is 22.6 Å². The first kappa shape index (κ1) is 9.25. The average molecular weight is 234 g/mol. The SMILES string of the molecule is CC(Br)COC(=O)c1cnoc1. The first-order chi connectivity index (χ1) is 5.70. The quantitative estimate of drug-likeness (QED) is 0.588. The molecule has 4 nitrogen and oxygen atoms in total. The number of alkyl halides is 1. The molecule has 1 heterocycles. The monoisotopic (exact) mass is 233 g/mol. The molecule has 0 aromatic carbocycles. The lowest BCUT2D eigenvalue weighted by Crippen LogP contribution is -2.10. The predicted octanol–water partition coefficient (Wildman–Crippen LogP) is 1.61. The molecule has 1 atom stereocenters. The number of nitrogens with zero attached hydrogens (tertiary/aromatic N) is 1. The van der Waals surface area contributed by atoms with E-state index in [-0.39, 0.29) is 4.83 Å². The van der Waals surface area contributed by atoms with Gasteiger partial charge >= 0.3 is 5.97 Å². The van der Waals surface area contributed by atoms with Gasteiger partial charge in [-0.15, -0.1) is 0 Å². The van der Waals surface area contributed by atoms with E-state index in [2.05, 4.69) is 25.6 Å². The number of carbonyl (C=O) groups is 1. The largest absolute Gasteiger partial charge is 0.461 e. The lowest BCUT2D eigenvalue weighted by atomic mass is 10.4. The van der Waals surface area contributed by atoms with Crippen LogP contribution in [-0.2, 0) is 4.74 Å². The third kappa shape index (κ3) is 2.65. The standard InChI is InChI=1S/C7H8BrNO3/c1-5(8)3-11-7(10)6-2-9-12-4-6/h2,4-5H,3H2,1H3. The highest BCUT2D eigenvalue weighted by molar-refractivity contribution is 9.09. The molecule has 1 rings (SSSR count). The predicted molar refractivity (Wildman–Crippen MR) is 45.2 cm³/mol. The molecule has 0 saturated heterocycles. The number of hydrogen-bond acceptors (Lipinski definition) is 4. The van der Waals surface area contributed by atoms with Gasteiger partial charge in [0.1, 0.15) is 18.4 Å². The average Bonchev–Trinajstić information content (AvgIpc) is 2.51. The van der Waals surface area contributed by atoms with Crippen LogP contribution in [0.4, 0.5) is 0 Å². The second kappa shape index (κ2) is 4.25. The van der Waals surface area contributed by atoms with E-state index in [9.17, 15) is 4.79 Å². The van der Waals surface area contributed by atoms with E-state index in [0.29, 0.717) is 12.2 Å². The highest BCUT2D eigenvalue weighted by Crippen LogP contribution is 2.03. The van der Waals surface area contributed by atoms with Gasteiger partial charge in [0.2, 0.25) is 0 Å². The van der Waals surface area contributed by atoms with Gasteiger partial charge in [0.15, 0.2) is 0 Å². The van der Waals surface area contributed by atoms with Crippen molar-refractivity contribution in [1.82, 2.24) is 5.16 Å². The van der Waals surface area contributed by atoms with Crippen molar-refractivity contribution in [2.75, 3.05) is 6.61 Å². The number of aromatic nitrogens is 1. The van der Waals surface area contributed by atoms with E-state index in [0.717, 1.165) is 0 Å². The Bertz CT molecular complexity index is 245. The van der Waals surface area contributed by atoms with Crippen LogP contribution in [0.5, 0.6) is 0 Å². The summed E-state index contributed by atoms with van der Waals surface area (Å²) < 4.78 is 9.34. The molecular formula is C7H8BrNO3. The highest BCUT2D eigenvalue weighted by Gasteiger charge is 2.09. The van der Waals surface area contributed by atoms with Gasteiger partial charge in [-0.1, -0.05) is 21.1 Å². The molecule has 0 aliphatic heterocycles. The van der Waals surface area contributed by atoms with Crippen molar-refractivity contribution in [2.45, 2.75) is 11.8 Å². The Kier molecular flexibility index (Phi) is 3.28. The zero-order valence-corrected chi connectivity index (χ0v) is 8.08. The molecule has 0 aliphatic carbocycles. The van der Waals surface area contributed by atoms with Crippen LogP contribution in [0.1, 0.15) is 17.3 Å². The van der Waals surface area contributed by atoms with Crippen molar-refractivity contribution in [3.8, 4) is 0 Å². The van der Waals surface area contributed by atoms with Gasteiger partial charge in [-0.3, -0.25) is 0 Å². The van der Waals surface area contributed by atoms with Gasteiger partial charge < -0.3 is 9.26 Å². The molecule has 12 heavy (non-hydrogen) atoms. The minimum atomic E-state index is -0.414. The second-order valence-electron chi connectivity index (χ2n) is 2.29. The Labute approximate surface area is 78.0 Å². The van der Waals surface area contributed by atoms with Crippen molar-refractivity contribution in [2.24, 2.45) is 0 Å². The molecule has 66 valence electrons. The molecule has 0 aliphatic rings. The maximum absolute atomic E-state index is 11.1. The van der Waals surface area contributed by atoms with E-state index in [1.165, 1.54) is 12.5 Å². The Morgan fingerprint density at radius 1 is 1.92 bits per heavy atom. The fourth-order valence-corrected chi connectivity index (χ4v) is 0.712. The summed E-state index contributed by atoms with van der Waals surface area (Å²) in [4.78, 5) is 11.2. The smallest absolute Gasteiger partial charge is 0.343 e. The maximum Gasteiger partial charge on any atom is 0.343 e. The molecule has 0 bridgehead atoms. The summed E-state index contributed by atoms with van der Waals surface area (Å²) >= 11 is 3.25. The fourth-order valence-electron chi connectivity index (χ4n) is 0.580. The zero-order valence-electron chi connectivity index (χ0n) is 6.49. The van der Waals surface area contributed by atoms with Gasteiger partial charge in [-0.2, -0.15) is 0 Å². The molecule has 0 fully saturated rings. The van der Waals surface area contributed by atoms with Crippen LogP contribution in [0.25, 0.3) is 0 Å². The van der Waals surface area contributed by atoms with Crippen LogP contribution in [0, 0.1) is 0 Å². The summed E-state index contributed by atoms with van der Waals surface area (Å²) in [5.41, 5.74) is 0.336. The highest BCUT2D eigenvalue weighted by atomic mass is 79.9. The molecule has 0 amide bonds. The molecule has 1 unspecified atom stereocenters. The fraction of sp³-hybridized carbons (Fsp3) is 0.429. The second-order valence-corrected chi connectivity index (χ2v) is 3.86. The molecule has 1 aromatic heterocycles. The van der Waals surface area contributed by atoms with Crippen LogP contribution in [0.2, 0.25) is 0 Å². The van der Waals surface area contributed by atoms with Crippen molar-refractivity contribution in [3.63, 3.8) is 0 Å². The van der Waals surface area contributed by atoms with E-state index in [4.69, 9.17) is 4.74 Å². The van der Waals surface area contributed by atoms with Gasteiger partial charge in [0, 0.05) is 4.83 Å². The van der Waals surface area contributed by atoms with Gasteiger partial charge in [-0.25, -0.2) is 4.79 Å². The van der Waals surface area contributed by atoms with E-state index in [1.54, 1.807) is 0 Å². The minimum absolute atomic E-state index is 0.154. The van der Waals surface area contributed by atoms with Crippen molar-refractivity contribution < 1.29 is 14.1 Å². The third-order valence-corrected chi connectivity index (χ3v) is 1.38. The molecular weight excluding hydrogens is 226 g/mol. The number of ether oxygens (including phenoxy) is 1. The lowest BCUT2D eigenvalue weighted by molar-refractivity contribution is 0.0511. The van der Waals surface area contributed by atoms with Crippen LogP contribution in [0.3, 0.4) is 0 Å². The molecule has 0 spiro atoms. The van der Waals surface area contributed by atoms with E-state index >= 15 is 0 Å². The van der Waals surface area contributed by atoms with Crippen molar-refractivity contribution in [3.05, 3.63) is 18.0 Å². The number of rotatable bonds is 3. The summed E-state index contributed by atoms with van der Waals surface area (Å²) in [6.45, 7) is 2.23. The molecule has 1 aromatic rings. The summed E-state index contributed by atoms with van der Waals surface area (Å²) in [7, 11) is 0. The Morgan fingerprint density at radius 2 is 2.67 bits per heavy atom. The van der Waals surface area contributed by atoms with Gasteiger partial charge in [-0.05, 0) is 6.92 Å². The number of halogens is 1. The molecule has 0 saturated carbocycles. The molecule has 5 heteroatoms. The van der Waals surface area contributed by atoms with Crippen molar-refractivity contribution in [1.29, 1.82) is 0 Å². The third-order valence-electron chi connectivity index (χ3n) is 1.11. The van der Waals surface area contributed by atoms with E-state index in [1.807, 2.05) is 6.92 Å². The maximum atomic E-state index is 11.1. The van der Waals surface area contributed by atoms with Gasteiger partial charge in [0.05, 0.1) is 6.20 Å². The summed E-state index contributed by atoms with van der Waals surface area (Å²) in [5.74, 6) is -0.414. The lowest BCUT2D eigenvalue weighted by Gasteiger charge is -2.03. The Morgan fingerprint density at radius 3 is 3.17 bits per heavy atom. The summed E-state index contributed by atoms with van der Waals surface area (Å²) in [5, 5.41) is 3.38. The number of hydrogen-bond donors (Lipinski definition) is 0. The van der Waals surface area contributed by atoms with Crippen LogP contribution < -0.4 is 0 Å². The Balaban J connectivity index is 2.40. The number of esters is 1. The van der Waals surface area contributed by atoms with E-state index < -0.39 is 5.97 Å². The molecule has 0 radical (unpaired) electrons. The number of carbonyl (C=O) groups excluding carboxylic acids is 1. The van der Waals surface area contributed by atoms with Gasteiger partial charge in [0.25, 0.3) is 0 Å². The van der Waals surface area contributed by atoms with Crippen molar-refractivity contribution >= 4 is 21.9 Å². The Hall–Kier alpha value is -0.840.